The van der Waals surface area contributed by atoms with E-state index in [-0.39, 0.29) is 26.3 Å². The molecule has 1 aromatic heterocycles. The van der Waals surface area contributed by atoms with Crippen molar-refractivity contribution in [1.29, 1.82) is 0 Å². The Morgan fingerprint density at radius 3 is 2.48 bits per heavy atom. The molecule has 8 nitrogen and oxygen atoms in total. The molecule has 11 heteroatoms. The summed E-state index contributed by atoms with van der Waals surface area (Å²) in [4.78, 5) is 28.1. The van der Waals surface area contributed by atoms with Crippen molar-refractivity contribution in [2.45, 2.75) is 30.6 Å². The minimum atomic E-state index is -3.86. The van der Waals surface area contributed by atoms with Crippen molar-refractivity contribution in [2.24, 2.45) is 0 Å². The number of sulfonamides is 1. The summed E-state index contributed by atoms with van der Waals surface area (Å²) in [6.45, 7) is 0.232. The molecule has 0 aliphatic carbocycles. The van der Waals surface area contributed by atoms with Crippen molar-refractivity contribution in [3.8, 4) is 0 Å². The maximum atomic E-state index is 13.0. The first-order chi connectivity index (χ1) is 14.8. The van der Waals surface area contributed by atoms with Crippen LogP contribution in [-0.4, -0.2) is 49.3 Å². The van der Waals surface area contributed by atoms with Gasteiger partial charge < -0.3 is 10.1 Å². The number of nitrogens with zero attached hydrogens (tertiary/aromatic N) is 2. The van der Waals surface area contributed by atoms with E-state index < -0.39 is 28.5 Å². The zero-order valence-corrected chi connectivity index (χ0v) is 18.8. The lowest BCUT2D eigenvalue weighted by molar-refractivity contribution is -0.119. The van der Waals surface area contributed by atoms with Gasteiger partial charge in [-0.3, -0.25) is 4.79 Å². The van der Waals surface area contributed by atoms with E-state index >= 15 is 0 Å². The van der Waals surface area contributed by atoms with Crippen LogP contribution in [-0.2, 0) is 19.6 Å². The highest BCUT2D eigenvalue weighted by molar-refractivity contribution is 7.89. The monoisotopic (exact) mass is 485 g/mol. The number of aromatic nitrogens is 1. The summed E-state index contributed by atoms with van der Waals surface area (Å²) in [6, 6.07) is 7.00. The van der Waals surface area contributed by atoms with Crippen LogP contribution in [0.15, 0.2) is 41.4 Å². The number of hydrogen-bond acceptors (Lipinski definition) is 6. The van der Waals surface area contributed by atoms with Gasteiger partial charge in [-0.05, 0) is 43.2 Å². The first-order valence-corrected chi connectivity index (χ1v) is 11.9. The third-order valence-electron chi connectivity index (χ3n) is 4.72. The number of ether oxygens (including phenoxy) is 1. The second-order valence-electron chi connectivity index (χ2n) is 6.93. The summed E-state index contributed by atoms with van der Waals surface area (Å²) < 4.78 is 32.5. The van der Waals surface area contributed by atoms with Gasteiger partial charge in [0.25, 0.3) is 5.91 Å². The second kappa shape index (κ2) is 10.4. The van der Waals surface area contributed by atoms with Crippen LogP contribution >= 0.6 is 23.2 Å². The van der Waals surface area contributed by atoms with Crippen molar-refractivity contribution in [3.63, 3.8) is 0 Å². The predicted molar refractivity (Wildman–Crippen MR) is 117 cm³/mol. The number of benzene rings is 1. The van der Waals surface area contributed by atoms with E-state index in [2.05, 4.69) is 10.3 Å². The number of hydrogen-bond donors (Lipinski definition) is 1. The molecular weight excluding hydrogens is 465 g/mol. The van der Waals surface area contributed by atoms with Gasteiger partial charge >= 0.3 is 5.97 Å². The topological polar surface area (TPSA) is 106 Å². The lowest BCUT2D eigenvalue weighted by Crippen LogP contribution is -2.32. The standard InChI is InChI=1S/C20H21Cl2N3O5S/c21-15-8-7-14(12-17(15)31(28,29)25-10-3-1-2-4-11-25)20(27)30-13-18(26)24-16-6-5-9-23-19(16)22/h5-9,12H,1-4,10-11,13H2,(H,24,26). The van der Waals surface area contributed by atoms with Gasteiger partial charge in [-0.1, -0.05) is 36.0 Å². The normalized spacial score (nSPS) is 15.2. The molecule has 1 aliphatic heterocycles. The largest absolute Gasteiger partial charge is 0.452 e. The summed E-state index contributed by atoms with van der Waals surface area (Å²) in [5.74, 6) is -1.47. The Morgan fingerprint density at radius 1 is 1.10 bits per heavy atom. The molecule has 31 heavy (non-hydrogen) atoms. The van der Waals surface area contributed by atoms with Gasteiger partial charge in [0, 0.05) is 19.3 Å². The van der Waals surface area contributed by atoms with E-state index in [1.807, 2.05) is 0 Å². The van der Waals surface area contributed by atoms with Crippen LogP contribution in [0.3, 0.4) is 0 Å². The van der Waals surface area contributed by atoms with Crippen molar-refractivity contribution in [2.75, 3.05) is 25.0 Å². The molecule has 0 atom stereocenters. The van der Waals surface area contributed by atoms with E-state index in [4.69, 9.17) is 27.9 Å². The molecule has 2 aromatic rings. The molecule has 1 aliphatic rings. The first-order valence-electron chi connectivity index (χ1n) is 9.66. The van der Waals surface area contributed by atoms with Crippen LogP contribution in [0.4, 0.5) is 5.69 Å². The predicted octanol–water partition coefficient (Wildman–Crippen LogP) is 3.75. The SMILES string of the molecule is O=C(COC(=O)c1ccc(Cl)c(S(=O)(=O)N2CCCCCC2)c1)Nc1cccnc1Cl. The van der Waals surface area contributed by atoms with Crippen LogP contribution in [0, 0.1) is 0 Å². The van der Waals surface area contributed by atoms with Crippen molar-refractivity contribution in [3.05, 3.63) is 52.3 Å². The average molecular weight is 486 g/mol. The fourth-order valence-corrected chi connectivity index (χ4v) is 5.31. The minimum absolute atomic E-state index is 0.0183. The van der Waals surface area contributed by atoms with E-state index in [1.54, 1.807) is 12.1 Å². The molecular formula is C20H21Cl2N3O5S. The maximum absolute atomic E-state index is 13.0. The van der Waals surface area contributed by atoms with E-state index in [0.717, 1.165) is 25.7 Å². The molecule has 0 saturated carbocycles. The van der Waals surface area contributed by atoms with Gasteiger partial charge in [-0.25, -0.2) is 18.2 Å². The number of carbonyl (C=O) groups excluding carboxylic acids is 2. The Kier molecular flexibility index (Phi) is 7.88. The lowest BCUT2D eigenvalue weighted by atomic mass is 10.2. The Balaban J connectivity index is 1.69. The molecule has 1 aromatic carbocycles. The molecule has 166 valence electrons. The van der Waals surface area contributed by atoms with E-state index in [9.17, 15) is 18.0 Å². The molecule has 0 radical (unpaired) electrons. The van der Waals surface area contributed by atoms with E-state index in [1.165, 1.54) is 28.7 Å². The summed E-state index contributed by atoms with van der Waals surface area (Å²) in [6.07, 6.45) is 4.95. The third-order valence-corrected chi connectivity index (χ3v) is 7.40. The van der Waals surface area contributed by atoms with Crippen LogP contribution < -0.4 is 5.32 Å². The van der Waals surface area contributed by atoms with Crippen molar-refractivity contribution >= 4 is 50.8 Å². The molecule has 1 N–H and O–H groups in total. The lowest BCUT2D eigenvalue weighted by Gasteiger charge is -2.21. The summed E-state index contributed by atoms with van der Waals surface area (Å²) in [5, 5.41) is 2.59. The number of carbonyl (C=O) groups is 2. The Labute approximate surface area is 190 Å². The number of nitrogens with one attached hydrogen (secondary N) is 1. The van der Waals surface area contributed by atoms with Gasteiger partial charge in [0.1, 0.15) is 4.90 Å². The quantitative estimate of drug-likeness (QED) is 0.493. The maximum Gasteiger partial charge on any atom is 0.338 e. The molecule has 2 heterocycles. The fraction of sp³-hybridized carbons (Fsp3) is 0.350. The third kappa shape index (κ3) is 5.94. The molecule has 0 unspecified atom stereocenters. The first kappa shape index (κ1) is 23.5. The summed E-state index contributed by atoms with van der Waals surface area (Å²) in [5.41, 5.74) is 0.257. The minimum Gasteiger partial charge on any atom is -0.452 e. The summed E-state index contributed by atoms with van der Waals surface area (Å²) in [7, 11) is -3.86. The number of anilines is 1. The van der Waals surface area contributed by atoms with Gasteiger partial charge in [-0.15, -0.1) is 0 Å². The Morgan fingerprint density at radius 2 is 1.81 bits per heavy atom. The number of amides is 1. The smallest absolute Gasteiger partial charge is 0.338 e. The second-order valence-corrected chi connectivity index (χ2v) is 9.60. The summed E-state index contributed by atoms with van der Waals surface area (Å²) >= 11 is 12.0. The zero-order valence-electron chi connectivity index (χ0n) is 16.5. The van der Waals surface area contributed by atoms with Gasteiger partial charge in [0.15, 0.2) is 11.8 Å². The molecule has 1 amide bonds. The zero-order chi connectivity index (χ0) is 22.4. The molecule has 1 fully saturated rings. The van der Waals surface area contributed by atoms with Gasteiger partial charge in [0.2, 0.25) is 10.0 Å². The van der Waals surface area contributed by atoms with Gasteiger partial charge in [0.05, 0.1) is 16.3 Å². The van der Waals surface area contributed by atoms with Crippen molar-refractivity contribution in [1.82, 2.24) is 9.29 Å². The molecule has 0 bridgehead atoms. The van der Waals surface area contributed by atoms with Gasteiger partial charge in [-0.2, -0.15) is 4.31 Å². The van der Waals surface area contributed by atoms with Crippen LogP contribution in [0.25, 0.3) is 0 Å². The highest BCUT2D eigenvalue weighted by Gasteiger charge is 2.28. The van der Waals surface area contributed by atoms with Crippen LogP contribution in [0.1, 0.15) is 36.0 Å². The molecule has 0 spiro atoms. The Hall–Kier alpha value is -2.20. The van der Waals surface area contributed by atoms with Crippen molar-refractivity contribution < 1.29 is 22.7 Å². The number of esters is 1. The number of halogens is 2. The fourth-order valence-electron chi connectivity index (χ4n) is 3.13. The number of pyridine rings is 1. The molecule has 3 rings (SSSR count). The van der Waals surface area contributed by atoms with Crippen LogP contribution in [0.5, 0.6) is 0 Å². The highest BCUT2D eigenvalue weighted by Crippen LogP contribution is 2.28. The average Bonchev–Trinajstić information content (AvgIpc) is 3.04. The van der Waals surface area contributed by atoms with E-state index in [0.29, 0.717) is 13.1 Å². The highest BCUT2D eigenvalue weighted by atomic mass is 35.5. The Bertz CT molecular complexity index is 1070. The van der Waals surface area contributed by atoms with Crippen LogP contribution in [0.2, 0.25) is 10.2 Å². The number of rotatable bonds is 6. The molecule has 1 saturated heterocycles.